The molecule has 4 unspecified atom stereocenters. The number of ether oxygens (including phenoxy) is 3. The highest BCUT2D eigenvalue weighted by Gasteiger charge is 2.54. The van der Waals surface area contributed by atoms with Crippen molar-refractivity contribution in [1.82, 2.24) is 0 Å². The molecule has 37 heavy (non-hydrogen) atoms. The lowest BCUT2D eigenvalue weighted by atomic mass is 9.79. The molecule has 2 aromatic carbocycles. The Morgan fingerprint density at radius 3 is 2.19 bits per heavy atom. The Morgan fingerprint density at radius 1 is 0.919 bits per heavy atom. The molecule has 0 heterocycles. The Morgan fingerprint density at radius 2 is 1.54 bits per heavy atom. The Labute approximate surface area is 211 Å². The Hall–Kier alpha value is -4.35. The maximum Gasteiger partial charge on any atom is 0.348 e. The van der Waals surface area contributed by atoms with E-state index in [4.69, 9.17) is 14.2 Å². The van der Waals surface area contributed by atoms with E-state index in [0.29, 0.717) is 11.1 Å². The normalized spacial score (nSPS) is 23.6. The minimum absolute atomic E-state index is 0.0382. The van der Waals surface area contributed by atoms with Crippen molar-refractivity contribution < 1.29 is 54.1 Å². The molecule has 11 nitrogen and oxygen atoms in total. The smallest absolute Gasteiger partial charge is 0.348 e. The van der Waals surface area contributed by atoms with Crippen LogP contribution in [0.4, 0.5) is 0 Å². The highest BCUT2D eigenvalue weighted by atomic mass is 16.6. The molecule has 0 amide bonds. The number of phenolic OH excluding ortho intramolecular Hbond substituents is 2. The van der Waals surface area contributed by atoms with Crippen LogP contribution in [0.1, 0.15) is 24.0 Å². The highest BCUT2D eigenvalue weighted by molar-refractivity contribution is 5.91. The van der Waals surface area contributed by atoms with Crippen molar-refractivity contribution in [3.8, 4) is 17.2 Å². The molecular weight excluding hydrogens is 488 g/mol. The number of rotatable bonds is 8. The number of methoxy groups -OCH3 is 1. The first-order chi connectivity index (χ1) is 17.5. The molecule has 2 aromatic rings. The van der Waals surface area contributed by atoms with Gasteiger partial charge in [-0.2, -0.15) is 0 Å². The number of hydrogen-bond acceptors (Lipinski definition) is 10. The van der Waals surface area contributed by atoms with Gasteiger partial charge >= 0.3 is 17.9 Å². The Balaban J connectivity index is 1.72. The van der Waals surface area contributed by atoms with Gasteiger partial charge in [-0.3, -0.25) is 0 Å². The second-order valence-electron chi connectivity index (χ2n) is 8.35. The van der Waals surface area contributed by atoms with Crippen LogP contribution in [0.3, 0.4) is 0 Å². The molecule has 11 heteroatoms. The first-order valence-corrected chi connectivity index (χ1v) is 11.1. The van der Waals surface area contributed by atoms with E-state index in [0.717, 1.165) is 12.2 Å². The van der Waals surface area contributed by atoms with E-state index in [1.807, 2.05) is 0 Å². The average Bonchev–Trinajstić information content (AvgIpc) is 2.86. The second kappa shape index (κ2) is 11.6. The summed E-state index contributed by atoms with van der Waals surface area (Å²) in [7, 11) is 1.35. The fraction of sp³-hybridized carbons (Fsp3) is 0.269. The average molecular weight is 514 g/mol. The topological polar surface area (TPSA) is 180 Å². The minimum Gasteiger partial charge on any atom is -0.508 e. The van der Waals surface area contributed by atoms with E-state index in [9.17, 15) is 39.9 Å². The van der Waals surface area contributed by atoms with Crippen molar-refractivity contribution in [2.75, 3.05) is 7.11 Å². The van der Waals surface area contributed by atoms with Crippen LogP contribution in [0, 0.1) is 0 Å². The minimum atomic E-state index is -2.28. The molecule has 0 spiro atoms. The molecular formula is C26H26O11. The maximum atomic E-state index is 12.5. The van der Waals surface area contributed by atoms with E-state index in [-0.39, 0.29) is 17.2 Å². The zero-order valence-electron chi connectivity index (χ0n) is 19.7. The molecule has 0 aliphatic heterocycles. The number of aromatic hydroxyl groups is 2. The van der Waals surface area contributed by atoms with Gasteiger partial charge in [0.1, 0.15) is 18.0 Å². The lowest BCUT2D eigenvalue weighted by Gasteiger charge is -2.41. The molecule has 0 radical (unpaired) electrons. The van der Waals surface area contributed by atoms with Crippen LogP contribution in [0.15, 0.2) is 54.6 Å². The molecule has 1 aliphatic rings. The maximum absolute atomic E-state index is 12.5. The first kappa shape index (κ1) is 27.2. The van der Waals surface area contributed by atoms with Gasteiger partial charge in [0.05, 0.1) is 13.2 Å². The predicted molar refractivity (Wildman–Crippen MR) is 128 cm³/mol. The summed E-state index contributed by atoms with van der Waals surface area (Å²) in [4.78, 5) is 36.9. The number of aliphatic hydroxyl groups is 2. The third-order valence-electron chi connectivity index (χ3n) is 5.72. The van der Waals surface area contributed by atoms with Crippen molar-refractivity contribution in [3.63, 3.8) is 0 Å². The van der Waals surface area contributed by atoms with Crippen molar-refractivity contribution >= 4 is 30.1 Å². The number of carbonyl (C=O) groups is 3. The van der Waals surface area contributed by atoms with Crippen molar-refractivity contribution in [2.45, 2.75) is 36.8 Å². The first-order valence-electron chi connectivity index (χ1n) is 11.1. The number of phenols is 2. The lowest BCUT2D eigenvalue weighted by molar-refractivity contribution is -0.207. The number of hydrogen-bond donors (Lipinski definition) is 5. The summed E-state index contributed by atoms with van der Waals surface area (Å²) < 4.78 is 15.4. The fourth-order valence-electron chi connectivity index (χ4n) is 3.78. The van der Waals surface area contributed by atoms with Crippen molar-refractivity contribution in [3.05, 3.63) is 65.7 Å². The van der Waals surface area contributed by atoms with Gasteiger partial charge < -0.3 is 39.7 Å². The van der Waals surface area contributed by atoms with Gasteiger partial charge in [-0.05, 0) is 47.5 Å². The predicted octanol–water partition coefficient (Wildman–Crippen LogP) is 1.63. The van der Waals surface area contributed by atoms with E-state index in [2.05, 4.69) is 0 Å². The summed E-state index contributed by atoms with van der Waals surface area (Å²) in [6, 6.07) is 10.2. The van der Waals surface area contributed by atoms with Gasteiger partial charge in [-0.15, -0.1) is 0 Å². The molecule has 0 aromatic heterocycles. The van der Waals surface area contributed by atoms with Crippen LogP contribution in [-0.4, -0.2) is 74.5 Å². The second-order valence-corrected chi connectivity index (χ2v) is 8.35. The van der Waals surface area contributed by atoms with Crippen LogP contribution in [0.25, 0.3) is 12.2 Å². The summed E-state index contributed by atoms with van der Waals surface area (Å²) in [6.45, 7) is 0. The number of carboxylic acids is 1. The number of benzene rings is 2. The third kappa shape index (κ3) is 6.87. The summed E-state index contributed by atoms with van der Waals surface area (Å²) in [5.41, 5.74) is -1.27. The number of carboxylic acid groups (broad SMARTS) is 1. The van der Waals surface area contributed by atoms with E-state index >= 15 is 0 Å². The summed E-state index contributed by atoms with van der Waals surface area (Å²) >= 11 is 0. The van der Waals surface area contributed by atoms with Crippen LogP contribution in [0.2, 0.25) is 0 Å². The van der Waals surface area contributed by atoms with Gasteiger partial charge in [0, 0.05) is 25.0 Å². The van der Waals surface area contributed by atoms with Crippen LogP contribution in [0.5, 0.6) is 17.2 Å². The Bertz CT molecular complexity index is 1200. The molecule has 1 fully saturated rings. The third-order valence-corrected chi connectivity index (χ3v) is 5.72. The zero-order chi connectivity index (χ0) is 27.2. The quantitative estimate of drug-likeness (QED) is 0.255. The number of aliphatic carboxylic acids is 1. The van der Waals surface area contributed by atoms with E-state index in [1.54, 1.807) is 0 Å². The molecule has 1 saturated carbocycles. The molecule has 1 aliphatic carbocycles. The van der Waals surface area contributed by atoms with E-state index in [1.165, 1.54) is 61.7 Å². The highest BCUT2D eigenvalue weighted by Crippen LogP contribution is 2.35. The molecule has 5 N–H and O–H groups in total. The van der Waals surface area contributed by atoms with Crippen LogP contribution in [-0.2, 0) is 23.9 Å². The molecule has 3 rings (SSSR count). The molecule has 196 valence electrons. The molecule has 0 saturated heterocycles. The van der Waals surface area contributed by atoms with E-state index < -0.39 is 54.7 Å². The number of esters is 2. The molecule has 4 atom stereocenters. The Kier molecular flexibility index (Phi) is 8.53. The van der Waals surface area contributed by atoms with Crippen molar-refractivity contribution in [2.24, 2.45) is 0 Å². The standard InChI is InChI=1S/C26H26O11/c1-35-20-12-16(4-9-18(20)28)6-11-23(31)37-26(25(33)34)13-19(29)24(32)21(14-26)36-22(30)10-5-15-2-7-17(27)8-3-15/h2-12,19,21,24,27-29,32H,13-14H2,1H3,(H,33,34). The fourth-order valence-corrected chi connectivity index (χ4v) is 3.78. The van der Waals surface area contributed by atoms with Gasteiger partial charge in [-0.1, -0.05) is 18.2 Å². The number of carbonyl (C=O) groups excluding carboxylic acids is 2. The van der Waals surface area contributed by atoms with Gasteiger partial charge in [0.15, 0.2) is 11.5 Å². The van der Waals surface area contributed by atoms with Crippen LogP contribution < -0.4 is 4.74 Å². The SMILES string of the molecule is COc1cc(C=CC(=O)OC2(C(=O)O)CC(O)C(O)C(OC(=O)C=Cc3ccc(O)cc3)C2)ccc1O. The lowest BCUT2D eigenvalue weighted by Crippen LogP contribution is -2.58. The number of aliphatic hydroxyl groups excluding tert-OH is 2. The van der Waals surface area contributed by atoms with Gasteiger partial charge in [-0.25, -0.2) is 14.4 Å². The monoisotopic (exact) mass is 514 g/mol. The van der Waals surface area contributed by atoms with Crippen LogP contribution >= 0.6 is 0 Å². The molecule has 0 bridgehead atoms. The van der Waals surface area contributed by atoms with Gasteiger partial charge in [0.2, 0.25) is 5.60 Å². The largest absolute Gasteiger partial charge is 0.508 e. The van der Waals surface area contributed by atoms with Crippen molar-refractivity contribution in [1.29, 1.82) is 0 Å². The summed E-state index contributed by atoms with van der Waals surface area (Å²) in [5.74, 6) is -3.50. The zero-order valence-corrected chi connectivity index (χ0v) is 19.7. The summed E-state index contributed by atoms with van der Waals surface area (Å²) in [6.07, 6.45) is -1.34. The summed E-state index contributed by atoms with van der Waals surface area (Å²) in [5, 5.41) is 49.4. The van der Waals surface area contributed by atoms with Gasteiger partial charge in [0.25, 0.3) is 0 Å².